The highest BCUT2D eigenvalue weighted by Crippen LogP contribution is 2.22. The van der Waals surface area contributed by atoms with Gasteiger partial charge in [0.1, 0.15) is 5.75 Å². The minimum atomic E-state index is -0.0461. The first-order valence-electron chi connectivity index (χ1n) is 7.35. The van der Waals surface area contributed by atoms with E-state index in [0.717, 1.165) is 17.7 Å². The van der Waals surface area contributed by atoms with Crippen LogP contribution in [-0.2, 0) is 16.1 Å². The molecule has 1 saturated heterocycles. The number of para-hydroxylation sites is 1. The third-order valence-corrected chi connectivity index (χ3v) is 3.56. The Bertz CT molecular complexity index is 625. The second-order valence-electron chi connectivity index (χ2n) is 5.16. The molecule has 5 nitrogen and oxygen atoms in total. The highest BCUT2D eigenvalue weighted by molar-refractivity contribution is 5.79. The van der Waals surface area contributed by atoms with Gasteiger partial charge in [-0.3, -0.25) is 4.79 Å². The Morgan fingerprint density at radius 2 is 2.14 bits per heavy atom. The molecule has 0 radical (unpaired) electrons. The first kappa shape index (κ1) is 14.5. The zero-order chi connectivity index (χ0) is 15.2. The predicted octanol–water partition coefficient (Wildman–Crippen LogP) is 2.53. The largest absolute Gasteiger partial charge is 0.439 e. The molecule has 1 aromatic carbocycles. The summed E-state index contributed by atoms with van der Waals surface area (Å²) < 4.78 is 11.0. The molecule has 1 atom stereocenters. The van der Waals surface area contributed by atoms with Crippen LogP contribution in [0.2, 0.25) is 0 Å². The molecule has 2 heterocycles. The van der Waals surface area contributed by atoms with Crippen LogP contribution in [0.3, 0.4) is 0 Å². The topological polar surface area (TPSA) is 60.5 Å². The van der Waals surface area contributed by atoms with Crippen molar-refractivity contribution in [3.05, 3.63) is 54.2 Å². The maximum atomic E-state index is 12.0. The van der Waals surface area contributed by atoms with Crippen molar-refractivity contribution < 1.29 is 14.3 Å². The Morgan fingerprint density at radius 3 is 2.91 bits per heavy atom. The molecule has 1 aliphatic heterocycles. The molecule has 2 aromatic rings. The van der Waals surface area contributed by atoms with E-state index in [1.807, 2.05) is 42.5 Å². The van der Waals surface area contributed by atoms with Crippen LogP contribution < -0.4 is 10.1 Å². The van der Waals surface area contributed by atoms with E-state index in [-0.39, 0.29) is 11.8 Å². The van der Waals surface area contributed by atoms with Crippen molar-refractivity contribution in [1.29, 1.82) is 0 Å². The number of nitrogens with zero attached hydrogens (tertiary/aromatic N) is 1. The number of nitrogens with one attached hydrogen (secondary N) is 1. The van der Waals surface area contributed by atoms with Crippen molar-refractivity contribution in [1.82, 2.24) is 10.3 Å². The molecule has 1 aromatic heterocycles. The Balaban J connectivity index is 1.64. The number of hydrogen-bond acceptors (Lipinski definition) is 4. The van der Waals surface area contributed by atoms with Gasteiger partial charge >= 0.3 is 0 Å². The van der Waals surface area contributed by atoms with E-state index in [9.17, 15) is 4.79 Å². The number of carbonyl (C=O) groups is 1. The highest BCUT2D eigenvalue weighted by atomic mass is 16.5. The van der Waals surface area contributed by atoms with E-state index in [1.54, 1.807) is 6.20 Å². The molecular weight excluding hydrogens is 280 g/mol. The maximum absolute atomic E-state index is 12.0. The van der Waals surface area contributed by atoms with E-state index in [4.69, 9.17) is 9.47 Å². The zero-order valence-corrected chi connectivity index (χ0v) is 12.2. The van der Waals surface area contributed by atoms with Gasteiger partial charge in [0.05, 0.1) is 12.5 Å². The summed E-state index contributed by atoms with van der Waals surface area (Å²) in [6.45, 7) is 1.56. The minimum absolute atomic E-state index is 0.0204. The summed E-state index contributed by atoms with van der Waals surface area (Å²) in [4.78, 5) is 16.3. The molecule has 0 bridgehead atoms. The molecule has 1 amide bonds. The quantitative estimate of drug-likeness (QED) is 0.921. The van der Waals surface area contributed by atoms with Gasteiger partial charge in [0.2, 0.25) is 11.8 Å². The number of benzene rings is 1. The summed E-state index contributed by atoms with van der Waals surface area (Å²) in [6.07, 6.45) is 2.46. The number of aromatic nitrogens is 1. The van der Waals surface area contributed by atoms with Gasteiger partial charge in [-0.15, -0.1) is 0 Å². The summed E-state index contributed by atoms with van der Waals surface area (Å²) in [5.41, 5.74) is 0.846. The highest BCUT2D eigenvalue weighted by Gasteiger charge is 2.23. The van der Waals surface area contributed by atoms with Crippen molar-refractivity contribution in [3.63, 3.8) is 0 Å². The van der Waals surface area contributed by atoms with Gasteiger partial charge in [-0.1, -0.05) is 24.3 Å². The number of pyridine rings is 1. The van der Waals surface area contributed by atoms with Crippen LogP contribution in [0.25, 0.3) is 0 Å². The van der Waals surface area contributed by atoms with Gasteiger partial charge < -0.3 is 14.8 Å². The minimum Gasteiger partial charge on any atom is -0.439 e. The fourth-order valence-corrected chi connectivity index (χ4v) is 2.32. The van der Waals surface area contributed by atoms with Crippen LogP contribution >= 0.6 is 0 Å². The van der Waals surface area contributed by atoms with E-state index in [2.05, 4.69) is 10.3 Å². The first-order valence-corrected chi connectivity index (χ1v) is 7.35. The lowest BCUT2D eigenvalue weighted by molar-refractivity contribution is -0.125. The standard InChI is InChI=1S/C17H18N2O3/c20-16(14-8-10-21-12-14)19-11-13-5-4-9-18-17(13)22-15-6-2-1-3-7-15/h1-7,9,14H,8,10-12H2,(H,19,20). The lowest BCUT2D eigenvalue weighted by Crippen LogP contribution is -2.30. The molecule has 0 spiro atoms. The SMILES string of the molecule is O=C(NCc1cccnc1Oc1ccccc1)C1CCOC1. The van der Waals surface area contributed by atoms with E-state index >= 15 is 0 Å². The number of rotatable bonds is 5. The van der Waals surface area contributed by atoms with Crippen LogP contribution in [0.5, 0.6) is 11.6 Å². The molecule has 0 saturated carbocycles. The second kappa shape index (κ2) is 7.04. The van der Waals surface area contributed by atoms with Gasteiger partial charge in [0.15, 0.2) is 0 Å². The Labute approximate surface area is 129 Å². The lowest BCUT2D eigenvalue weighted by atomic mass is 10.1. The molecule has 1 fully saturated rings. The summed E-state index contributed by atoms with van der Waals surface area (Å²) in [5, 5.41) is 2.93. The van der Waals surface area contributed by atoms with Crippen LogP contribution in [-0.4, -0.2) is 24.1 Å². The number of amides is 1. The lowest BCUT2D eigenvalue weighted by Gasteiger charge is -2.12. The normalized spacial score (nSPS) is 17.2. The Kier molecular flexibility index (Phi) is 4.65. The molecule has 1 unspecified atom stereocenters. The average Bonchev–Trinajstić information content (AvgIpc) is 3.09. The fourth-order valence-electron chi connectivity index (χ4n) is 2.32. The third-order valence-electron chi connectivity index (χ3n) is 3.56. The number of carbonyl (C=O) groups excluding carboxylic acids is 1. The summed E-state index contributed by atoms with van der Waals surface area (Å²) in [6, 6.07) is 13.2. The van der Waals surface area contributed by atoms with E-state index in [1.165, 1.54) is 0 Å². The maximum Gasteiger partial charge on any atom is 0.225 e. The zero-order valence-electron chi connectivity index (χ0n) is 12.2. The molecule has 5 heteroatoms. The molecule has 3 rings (SSSR count). The predicted molar refractivity (Wildman–Crippen MR) is 81.5 cm³/mol. The van der Waals surface area contributed by atoms with Gasteiger partial charge in [0, 0.05) is 24.9 Å². The second-order valence-corrected chi connectivity index (χ2v) is 5.16. The fraction of sp³-hybridized carbons (Fsp3) is 0.294. The van der Waals surface area contributed by atoms with Crippen molar-refractivity contribution >= 4 is 5.91 Å². The molecule has 1 aliphatic rings. The van der Waals surface area contributed by atoms with Crippen LogP contribution in [0.4, 0.5) is 0 Å². The van der Waals surface area contributed by atoms with Crippen LogP contribution in [0, 0.1) is 5.92 Å². The Morgan fingerprint density at radius 1 is 1.27 bits per heavy atom. The molecule has 1 N–H and O–H groups in total. The van der Waals surface area contributed by atoms with Crippen molar-refractivity contribution in [2.75, 3.05) is 13.2 Å². The van der Waals surface area contributed by atoms with E-state index < -0.39 is 0 Å². The van der Waals surface area contributed by atoms with Crippen LogP contribution in [0.15, 0.2) is 48.7 Å². The molecular formula is C17H18N2O3. The number of ether oxygens (including phenoxy) is 2. The van der Waals surface area contributed by atoms with Gasteiger partial charge in [-0.05, 0) is 24.6 Å². The van der Waals surface area contributed by atoms with Crippen molar-refractivity contribution in [2.45, 2.75) is 13.0 Å². The summed E-state index contributed by atoms with van der Waals surface area (Å²) in [7, 11) is 0. The summed E-state index contributed by atoms with van der Waals surface area (Å²) >= 11 is 0. The first-order chi connectivity index (χ1) is 10.8. The molecule has 0 aliphatic carbocycles. The molecule has 114 valence electrons. The summed E-state index contributed by atoms with van der Waals surface area (Å²) in [5.74, 6) is 1.21. The Hall–Kier alpha value is -2.40. The monoisotopic (exact) mass is 298 g/mol. The van der Waals surface area contributed by atoms with Crippen LogP contribution in [0.1, 0.15) is 12.0 Å². The van der Waals surface area contributed by atoms with E-state index in [0.29, 0.717) is 25.6 Å². The van der Waals surface area contributed by atoms with Gasteiger partial charge in [-0.2, -0.15) is 0 Å². The smallest absolute Gasteiger partial charge is 0.225 e. The third kappa shape index (κ3) is 3.62. The molecule has 22 heavy (non-hydrogen) atoms. The van der Waals surface area contributed by atoms with Crippen molar-refractivity contribution in [2.24, 2.45) is 5.92 Å². The van der Waals surface area contributed by atoms with Crippen molar-refractivity contribution in [3.8, 4) is 11.6 Å². The van der Waals surface area contributed by atoms with Gasteiger partial charge in [-0.25, -0.2) is 4.98 Å². The number of hydrogen-bond donors (Lipinski definition) is 1. The van der Waals surface area contributed by atoms with Gasteiger partial charge in [0.25, 0.3) is 0 Å². The average molecular weight is 298 g/mol.